The molecule has 1 aliphatic carbocycles. The van der Waals surface area contributed by atoms with Crippen LogP contribution in [-0.4, -0.2) is 11.9 Å². The number of anilines is 1. The zero-order chi connectivity index (χ0) is 15.8. The Balaban J connectivity index is 2.21. The first-order valence-corrected chi connectivity index (χ1v) is 8.05. The van der Waals surface area contributed by atoms with Crippen molar-refractivity contribution in [2.45, 2.75) is 39.7 Å². The minimum atomic E-state index is -0.434. The molecule has 0 aromatic heterocycles. The molecule has 1 amide bonds. The third-order valence-electron chi connectivity index (χ3n) is 5.03. The van der Waals surface area contributed by atoms with Crippen LogP contribution in [0.2, 0.25) is 0 Å². The molecule has 116 valence electrons. The molecule has 0 heterocycles. The highest BCUT2D eigenvalue weighted by molar-refractivity contribution is 9.10. The second-order valence-corrected chi connectivity index (χ2v) is 7.34. The molecule has 0 saturated heterocycles. The Morgan fingerprint density at radius 3 is 2.71 bits per heavy atom. The van der Waals surface area contributed by atoms with Crippen LogP contribution in [-0.2, 0) is 4.79 Å². The van der Waals surface area contributed by atoms with E-state index in [-0.39, 0.29) is 34.9 Å². The Morgan fingerprint density at radius 2 is 2.10 bits per heavy atom. The van der Waals surface area contributed by atoms with E-state index < -0.39 is 5.82 Å². The van der Waals surface area contributed by atoms with Crippen LogP contribution in [0.5, 0.6) is 0 Å². The minimum Gasteiger partial charge on any atom is -0.327 e. The molecule has 3 atom stereocenters. The van der Waals surface area contributed by atoms with Gasteiger partial charge in [0.15, 0.2) is 0 Å². The SMILES string of the molecule is CC1C(N)CCC(C(=O)Nc2c(F)cccc2Br)C1(C)C. The molecule has 1 saturated carbocycles. The van der Waals surface area contributed by atoms with E-state index in [4.69, 9.17) is 5.73 Å². The minimum absolute atomic E-state index is 0.115. The highest BCUT2D eigenvalue weighted by atomic mass is 79.9. The number of rotatable bonds is 2. The lowest BCUT2D eigenvalue weighted by Gasteiger charge is -2.46. The lowest BCUT2D eigenvalue weighted by molar-refractivity contribution is -0.127. The van der Waals surface area contributed by atoms with Gasteiger partial charge in [-0.2, -0.15) is 0 Å². The molecule has 21 heavy (non-hydrogen) atoms. The zero-order valence-electron chi connectivity index (χ0n) is 12.6. The molecule has 0 bridgehead atoms. The molecule has 0 radical (unpaired) electrons. The fraction of sp³-hybridized carbons (Fsp3) is 0.562. The number of hydrogen-bond donors (Lipinski definition) is 2. The molecule has 1 fully saturated rings. The molecule has 1 aliphatic rings. The maximum Gasteiger partial charge on any atom is 0.228 e. The van der Waals surface area contributed by atoms with Gasteiger partial charge in [0, 0.05) is 16.4 Å². The van der Waals surface area contributed by atoms with Gasteiger partial charge in [-0.25, -0.2) is 4.39 Å². The number of hydrogen-bond acceptors (Lipinski definition) is 2. The summed E-state index contributed by atoms with van der Waals surface area (Å²) in [6.45, 7) is 6.22. The van der Waals surface area contributed by atoms with Gasteiger partial charge < -0.3 is 11.1 Å². The fourth-order valence-electron chi connectivity index (χ4n) is 3.15. The van der Waals surface area contributed by atoms with Gasteiger partial charge in [0.25, 0.3) is 0 Å². The van der Waals surface area contributed by atoms with Crippen LogP contribution in [0.4, 0.5) is 10.1 Å². The molecule has 1 aromatic rings. The summed E-state index contributed by atoms with van der Waals surface area (Å²) in [7, 11) is 0. The summed E-state index contributed by atoms with van der Waals surface area (Å²) in [5.74, 6) is -0.495. The monoisotopic (exact) mass is 356 g/mol. The van der Waals surface area contributed by atoms with Crippen LogP contribution in [0.15, 0.2) is 22.7 Å². The number of benzene rings is 1. The summed E-state index contributed by atoms with van der Waals surface area (Å²) in [6.07, 6.45) is 1.55. The van der Waals surface area contributed by atoms with Crippen LogP contribution >= 0.6 is 15.9 Å². The molecule has 5 heteroatoms. The number of nitrogens with two attached hydrogens (primary N) is 1. The fourth-order valence-corrected chi connectivity index (χ4v) is 3.59. The summed E-state index contributed by atoms with van der Waals surface area (Å²) in [4.78, 5) is 12.6. The number of carbonyl (C=O) groups is 1. The van der Waals surface area contributed by atoms with Crippen LogP contribution < -0.4 is 11.1 Å². The summed E-state index contributed by atoms with van der Waals surface area (Å²) >= 11 is 3.27. The molecule has 0 aliphatic heterocycles. The normalized spacial score (nSPS) is 28.2. The topological polar surface area (TPSA) is 55.1 Å². The van der Waals surface area contributed by atoms with E-state index >= 15 is 0 Å². The number of nitrogens with one attached hydrogen (secondary N) is 1. The van der Waals surface area contributed by atoms with Gasteiger partial charge in [0.05, 0.1) is 5.69 Å². The number of halogens is 2. The molecule has 3 nitrogen and oxygen atoms in total. The molecular formula is C16H22BrFN2O. The van der Waals surface area contributed by atoms with Gasteiger partial charge in [-0.05, 0) is 52.2 Å². The van der Waals surface area contributed by atoms with Crippen LogP contribution in [0.1, 0.15) is 33.6 Å². The third kappa shape index (κ3) is 3.14. The third-order valence-corrected chi connectivity index (χ3v) is 5.69. The number of para-hydroxylation sites is 1. The van der Waals surface area contributed by atoms with Gasteiger partial charge in [0.1, 0.15) is 5.82 Å². The highest BCUT2D eigenvalue weighted by Crippen LogP contribution is 2.45. The predicted octanol–water partition coefficient (Wildman–Crippen LogP) is 3.93. The van der Waals surface area contributed by atoms with Gasteiger partial charge in [-0.1, -0.05) is 26.8 Å². The second kappa shape index (κ2) is 6.05. The summed E-state index contributed by atoms with van der Waals surface area (Å²) in [5.41, 5.74) is 6.12. The molecule has 1 aromatic carbocycles. The van der Waals surface area contributed by atoms with Crippen molar-refractivity contribution in [3.8, 4) is 0 Å². The molecule has 0 spiro atoms. The van der Waals surface area contributed by atoms with E-state index in [0.29, 0.717) is 4.47 Å². The average Bonchev–Trinajstić information content (AvgIpc) is 2.40. The van der Waals surface area contributed by atoms with Gasteiger partial charge in [-0.3, -0.25) is 4.79 Å². The van der Waals surface area contributed by atoms with Crippen molar-refractivity contribution in [1.82, 2.24) is 0 Å². The average molecular weight is 357 g/mol. The van der Waals surface area contributed by atoms with Crippen LogP contribution in [0, 0.1) is 23.1 Å². The second-order valence-electron chi connectivity index (χ2n) is 6.49. The van der Waals surface area contributed by atoms with E-state index in [9.17, 15) is 9.18 Å². The largest absolute Gasteiger partial charge is 0.327 e. The van der Waals surface area contributed by atoms with E-state index in [2.05, 4.69) is 42.0 Å². The smallest absolute Gasteiger partial charge is 0.228 e. The van der Waals surface area contributed by atoms with Crippen molar-refractivity contribution in [2.75, 3.05) is 5.32 Å². The van der Waals surface area contributed by atoms with Crippen molar-refractivity contribution in [3.63, 3.8) is 0 Å². The lowest BCUT2D eigenvalue weighted by Crippen LogP contribution is -2.50. The molecule has 2 rings (SSSR count). The standard InChI is InChI=1S/C16H22BrFN2O/c1-9-13(19)8-7-10(16(9,2)3)15(21)20-14-11(17)5-4-6-12(14)18/h4-6,9-10,13H,7-8,19H2,1-3H3,(H,20,21). The predicted molar refractivity (Wildman–Crippen MR) is 86.4 cm³/mol. The molecule has 3 unspecified atom stereocenters. The molecule has 3 N–H and O–H groups in total. The number of amides is 1. The molecular weight excluding hydrogens is 335 g/mol. The maximum absolute atomic E-state index is 13.8. The number of carbonyl (C=O) groups excluding carboxylic acids is 1. The Kier molecular flexibility index (Phi) is 4.73. The zero-order valence-corrected chi connectivity index (χ0v) is 14.2. The summed E-state index contributed by atoms with van der Waals surface area (Å²) < 4.78 is 14.4. The Hall–Kier alpha value is -0.940. The lowest BCUT2D eigenvalue weighted by atomic mass is 9.61. The van der Waals surface area contributed by atoms with Gasteiger partial charge >= 0.3 is 0 Å². The first-order chi connectivity index (χ1) is 9.75. The highest BCUT2D eigenvalue weighted by Gasteiger charge is 2.45. The van der Waals surface area contributed by atoms with Crippen molar-refractivity contribution < 1.29 is 9.18 Å². The maximum atomic E-state index is 13.8. The van der Waals surface area contributed by atoms with E-state index in [1.165, 1.54) is 6.07 Å². The van der Waals surface area contributed by atoms with Crippen LogP contribution in [0.25, 0.3) is 0 Å². The van der Waals surface area contributed by atoms with Crippen molar-refractivity contribution in [3.05, 3.63) is 28.5 Å². The first-order valence-electron chi connectivity index (χ1n) is 7.25. The first kappa shape index (κ1) is 16.4. The van der Waals surface area contributed by atoms with Crippen molar-refractivity contribution in [2.24, 2.45) is 23.0 Å². The van der Waals surface area contributed by atoms with Gasteiger partial charge in [0.2, 0.25) is 5.91 Å². The summed E-state index contributed by atoms with van der Waals surface area (Å²) in [5, 5.41) is 2.74. The Bertz CT molecular complexity index is 527. The quantitative estimate of drug-likeness (QED) is 0.843. The van der Waals surface area contributed by atoms with E-state index in [1.54, 1.807) is 12.1 Å². The van der Waals surface area contributed by atoms with Crippen molar-refractivity contribution >= 4 is 27.5 Å². The van der Waals surface area contributed by atoms with E-state index in [1.807, 2.05) is 0 Å². The van der Waals surface area contributed by atoms with E-state index in [0.717, 1.165) is 12.8 Å². The van der Waals surface area contributed by atoms with Gasteiger partial charge in [-0.15, -0.1) is 0 Å². The Morgan fingerprint density at radius 1 is 1.43 bits per heavy atom. The summed E-state index contributed by atoms with van der Waals surface area (Å²) in [6, 6.07) is 4.76. The van der Waals surface area contributed by atoms with Crippen molar-refractivity contribution in [1.29, 1.82) is 0 Å². The van der Waals surface area contributed by atoms with Crippen LogP contribution in [0.3, 0.4) is 0 Å². The Labute approximate surface area is 133 Å².